The molecule has 1 heterocycles. The van der Waals surface area contributed by atoms with E-state index in [-0.39, 0.29) is 17.8 Å². The Balaban J connectivity index is 3.43. The Morgan fingerprint density at radius 2 is 0.567 bits per heavy atom. The van der Waals surface area contributed by atoms with Gasteiger partial charge in [-0.1, -0.05) is 0 Å². The summed E-state index contributed by atoms with van der Waals surface area (Å²) in [5.41, 5.74) is 0. The van der Waals surface area contributed by atoms with Crippen molar-refractivity contribution in [2.45, 2.75) is 0 Å². The van der Waals surface area contributed by atoms with Crippen LogP contribution in [0.5, 0.6) is 0 Å². The highest BCUT2D eigenvalue weighted by Gasteiger charge is 2.45. The quantitative estimate of drug-likeness (QED) is 0.265. The van der Waals surface area contributed by atoms with E-state index in [2.05, 4.69) is 29.9 Å². The van der Waals surface area contributed by atoms with Crippen LogP contribution >= 0.6 is 0 Å². The highest BCUT2D eigenvalue weighted by Crippen LogP contribution is 2.19. The van der Waals surface area contributed by atoms with Crippen molar-refractivity contribution in [3.05, 3.63) is 0 Å². The summed E-state index contributed by atoms with van der Waals surface area (Å²) in [7, 11) is 3.02. The Morgan fingerprint density at radius 3 is 0.700 bits per heavy atom. The van der Waals surface area contributed by atoms with Crippen LogP contribution in [0.15, 0.2) is 0 Å². The van der Waals surface area contributed by atoms with Crippen LogP contribution in [-0.4, -0.2) is 106 Å². The van der Waals surface area contributed by atoms with E-state index >= 15 is 0 Å². The fourth-order valence-electron chi connectivity index (χ4n) is 2.16. The SMILES string of the molecule is CO[Si](Nc1nc(N[Si](OC)(OC)OC)nc(N[Si](OC)(OC)OC)n1)(OC)OC. The predicted octanol–water partition coefficient (Wildman–Crippen LogP) is -0.768. The predicted molar refractivity (Wildman–Crippen MR) is 111 cm³/mol. The second kappa shape index (κ2) is 11.9. The molecule has 15 nitrogen and oxygen atoms in total. The molecule has 30 heavy (non-hydrogen) atoms. The summed E-state index contributed by atoms with van der Waals surface area (Å²) in [6.45, 7) is 0. The first-order chi connectivity index (χ1) is 14.3. The van der Waals surface area contributed by atoms with Gasteiger partial charge in [0.25, 0.3) is 0 Å². The van der Waals surface area contributed by atoms with Gasteiger partial charge in [-0.15, -0.1) is 0 Å². The molecule has 0 saturated heterocycles. The highest BCUT2D eigenvalue weighted by atomic mass is 28.4. The average molecular weight is 487 g/mol. The molecule has 1 aromatic rings. The molecule has 0 saturated carbocycles. The molecule has 0 radical (unpaired) electrons. The molecule has 1 aromatic heterocycles. The van der Waals surface area contributed by atoms with Crippen LogP contribution in [0.3, 0.4) is 0 Å². The zero-order valence-corrected chi connectivity index (χ0v) is 21.5. The maximum atomic E-state index is 5.36. The zero-order chi connectivity index (χ0) is 22.8. The van der Waals surface area contributed by atoms with Crippen molar-refractivity contribution in [1.82, 2.24) is 15.0 Å². The topological polar surface area (TPSA) is 158 Å². The Kier molecular flexibility index (Phi) is 10.6. The normalized spacial score (nSPS) is 12.7. The van der Waals surface area contributed by atoms with Gasteiger partial charge in [-0.3, -0.25) is 0 Å². The molecule has 174 valence electrons. The summed E-state index contributed by atoms with van der Waals surface area (Å²) in [4.78, 5) is 21.6. The monoisotopic (exact) mass is 486 g/mol. The molecular formula is C12H30N6O9Si3. The van der Waals surface area contributed by atoms with Crippen molar-refractivity contribution < 1.29 is 39.8 Å². The van der Waals surface area contributed by atoms with Gasteiger partial charge in [-0.05, 0) is 0 Å². The van der Waals surface area contributed by atoms with Crippen LogP contribution in [0, 0.1) is 0 Å². The number of nitrogens with one attached hydrogen (secondary N) is 3. The van der Waals surface area contributed by atoms with E-state index in [0.29, 0.717) is 0 Å². The summed E-state index contributed by atoms with van der Waals surface area (Å²) in [6, 6.07) is 0. The first kappa shape index (κ1) is 26.7. The van der Waals surface area contributed by atoms with Crippen LogP contribution in [-0.2, 0) is 39.8 Å². The van der Waals surface area contributed by atoms with Gasteiger partial charge in [0, 0.05) is 64.0 Å². The molecule has 0 amide bonds. The van der Waals surface area contributed by atoms with Crippen molar-refractivity contribution in [1.29, 1.82) is 0 Å². The number of rotatable bonds is 15. The maximum absolute atomic E-state index is 5.36. The van der Waals surface area contributed by atoms with E-state index in [4.69, 9.17) is 39.8 Å². The minimum Gasteiger partial charge on any atom is -0.360 e. The van der Waals surface area contributed by atoms with Crippen molar-refractivity contribution in [3.63, 3.8) is 0 Å². The summed E-state index contributed by atoms with van der Waals surface area (Å²) in [6.07, 6.45) is 0. The third-order valence-electron chi connectivity index (χ3n) is 3.85. The molecule has 3 N–H and O–H groups in total. The van der Waals surface area contributed by atoms with Crippen molar-refractivity contribution in [2.75, 3.05) is 78.9 Å². The largest absolute Gasteiger partial charge is 0.632 e. The van der Waals surface area contributed by atoms with Gasteiger partial charge in [0.15, 0.2) is 0 Å². The second-order valence-corrected chi connectivity index (χ2v) is 12.9. The molecule has 0 atom stereocenters. The molecular weight excluding hydrogens is 456 g/mol. The van der Waals surface area contributed by atoms with Crippen molar-refractivity contribution in [3.8, 4) is 0 Å². The molecule has 0 unspecified atom stereocenters. The first-order valence-electron chi connectivity index (χ1n) is 8.35. The molecule has 0 aromatic carbocycles. The van der Waals surface area contributed by atoms with Crippen LogP contribution in [0.2, 0.25) is 0 Å². The Bertz CT molecular complexity index is 529. The Morgan fingerprint density at radius 1 is 0.400 bits per heavy atom. The number of hydrogen-bond acceptors (Lipinski definition) is 15. The van der Waals surface area contributed by atoms with Gasteiger partial charge < -0.3 is 54.8 Å². The fraction of sp³-hybridized carbons (Fsp3) is 0.750. The van der Waals surface area contributed by atoms with Crippen LogP contribution in [0.25, 0.3) is 0 Å². The third kappa shape index (κ3) is 6.35. The highest BCUT2D eigenvalue weighted by molar-refractivity contribution is 6.65. The van der Waals surface area contributed by atoms with Crippen molar-refractivity contribution >= 4 is 44.7 Å². The van der Waals surface area contributed by atoms with E-state index < -0.39 is 26.9 Å². The van der Waals surface area contributed by atoms with E-state index in [0.717, 1.165) is 0 Å². The lowest BCUT2D eigenvalue weighted by Crippen LogP contribution is -2.54. The van der Waals surface area contributed by atoms with E-state index in [9.17, 15) is 0 Å². The van der Waals surface area contributed by atoms with Gasteiger partial charge in [0.1, 0.15) is 0 Å². The second-order valence-electron chi connectivity index (χ2n) is 5.19. The van der Waals surface area contributed by atoms with Crippen LogP contribution in [0.4, 0.5) is 17.8 Å². The molecule has 1 rings (SSSR count). The molecule has 0 fully saturated rings. The van der Waals surface area contributed by atoms with Gasteiger partial charge in [0.05, 0.1) is 0 Å². The van der Waals surface area contributed by atoms with Gasteiger partial charge in [0.2, 0.25) is 17.8 Å². The molecule has 0 bridgehead atoms. The molecule has 0 aliphatic carbocycles. The summed E-state index contributed by atoms with van der Waals surface area (Å²) < 4.78 is 48.2. The fourth-order valence-corrected chi connectivity index (χ4v) is 5.74. The number of hydrogen-bond donors (Lipinski definition) is 3. The molecule has 0 aliphatic rings. The lowest BCUT2D eigenvalue weighted by molar-refractivity contribution is 0.131. The summed E-state index contributed by atoms with van der Waals surface area (Å²) in [5.74, 6) is 0.180. The molecule has 18 heteroatoms. The van der Waals surface area contributed by atoms with E-state index in [1.54, 1.807) is 0 Å². The van der Waals surface area contributed by atoms with E-state index in [1.807, 2.05) is 0 Å². The van der Waals surface area contributed by atoms with Crippen LogP contribution < -0.4 is 14.9 Å². The van der Waals surface area contributed by atoms with Gasteiger partial charge in [-0.25, -0.2) is 0 Å². The average Bonchev–Trinajstić information content (AvgIpc) is 2.79. The first-order valence-corrected chi connectivity index (χ1v) is 13.5. The minimum atomic E-state index is -3.29. The number of nitrogens with zero attached hydrogens (tertiary/aromatic N) is 3. The van der Waals surface area contributed by atoms with Gasteiger partial charge in [-0.2, -0.15) is 15.0 Å². The summed E-state index contributed by atoms with van der Waals surface area (Å²) in [5, 5.41) is 0. The van der Waals surface area contributed by atoms with Crippen molar-refractivity contribution in [2.24, 2.45) is 0 Å². The smallest absolute Gasteiger partial charge is 0.360 e. The molecule has 0 aliphatic heterocycles. The lowest BCUT2D eigenvalue weighted by Gasteiger charge is -2.27. The van der Waals surface area contributed by atoms with E-state index in [1.165, 1.54) is 64.0 Å². The Labute approximate surface area is 179 Å². The lowest BCUT2D eigenvalue weighted by atomic mass is 10.8. The zero-order valence-electron chi connectivity index (χ0n) is 18.5. The third-order valence-corrected chi connectivity index (χ3v) is 10.3. The summed E-state index contributed by atoms with van der Waals surface area (Å²) >= 11 is 0. The maximum Gasteiger partial charge on any atom is 0.632 e. The minimum absolute atomic E-state index is 0.0598. The molecule has 0 spiro atoms. The Hall–Kier alpha value is -1.30. The standard InChI is InChI=1S/C12H30N6O9Si3/c1-19-28(20-2,21-3)16-10-13-11(17-29(22-4,23-5)24-6)15-12(14-10)18-30(25-7,26-8)27-9/h1-9H3,(H3,13,14,15,16,17,18). The number of aromatic nitrogens is 3. The number of anilines is 3. The van der Waals surface area contributed by atoms with Gasteiger partial charge >= 0.3 is 26.9 Å². The van der Waals surface area contributed by atoms with Crippen LogP contribution in [0.1, 0.15) is 0 Å².